The summed E-state index contributed by atoms with van der Waals surface area (Å²) in [6.45, 7) is 3.26. The fourth-order valence-corrected chi connectivity index (χ4v) is 4.46. The molecule has 2 fully saturated rings. The standard InChI is InChI=1S/C14H21BrN4O3S/c1-23(21,22)19-4-2-12(3-5-19)14(20)17-7-11(8-17)9-18-10-13(15)6-16-18/h6,10-12H,2-5,7-9H2,1H3. The highest BCUT2D eigenvalue weighted by molar-refractivity contribution is 9.10. The second-order valence-corrected chi connectivity index (χ2v) is 9.32. The summed E-state index contributed by atoms with van der Waals surface area (Å²) >= 11 is 3.37. The molecule has 0 radical (unpaired) electrons. The first kappa shape index (κ1) is 16.9. The van der Waals surface area contributed by atoms with Crippen molar-refractivity contribution in [2.24, 2.45) is 11.8 Å². The predicted octanol–water partition coefficient (Wildman–Crippen LogP) is 0.776. The predicted molar refractivity (Wildman–Crippen MR) is 89.1 cm³/mol. The van der Waals surface area contributed by atoms with Gasteiger partial charge < -0.3 is 4.90 Å². The Kier molecular flexibility index (Phi) is 4.80. The third-order valence-corrected chi connectivity index (χ3v) is 6.30. The zero-order valence-electron chi connectivity index (χ0n) is 13.1. The molecule has 128 valence electrons. The largest absolute Gasteiger partial charge is 0.342 e. The summed E-state index contributed by atoms with van der Waals surface area (Å²) < 4.78 is 27.3. The quantitative estimate of drug-likeness (QED) is 0.742. The van der Waals surface area contributed by atoms with Crippen LogP contribution in [0.15, 0.2) is 16.9 Å². The molecule has 1 amide bonds. The van der Waals surface area contributed by atoms with Gasteiger partial charge in [-0.3, -0.25) is 9.48 Å². The van der Waals surface area contributed by atoms with Gasteiger partial charge in [-0.05, 0) is 28.8 Å². The van der Waals surface area contributed by atoms with Gasteiger partial charge in [0.1, 0.15) is 0 Å². The van der Waals surface area contributed by atoms with E-state index < -0.39 is 10.0 Å². The summed E-state index contributed by atoms with van der Waals surface area (Å²) in [4.78, 5) is 14.4. The Morgan fingerprint density at radius 3 is 2.52 bits per heavy atom. The normalized spacial score (nSPS) is 21.4. The van der Waals surface area contributed by atoms with Crippen LogP contribution in [0.1, 0.15) is 12.8 Å². The third-order valence-electron chi connectivity index (χ3n) is 4.59. The van der Waals surface area contributed by atoms with Crippen LogP contribution in [0.2, 0.25) is 0 Å². The molecule has 0 saturated carbocycles. The highest BCUT2D eigenvalue weighted by Crippen LogP contribution is 2.26. The molecule has 23 heavy (non-hydrogen) atoms. The van der Waals surface area contributed by atoms with E-state index in [9.17, 15) is 13.2 Å². The number of sulfonamides is 1. The lowest BCUT2D eigenvalue weighted by Gasteiger charge is -2.42. The van der Waals surface area contributed by atoms with Crippen molar-refractivity contribution in [2.75, 3.05) is 32.4 Å². The molecule has 0 aromatic carbocycles. The average molecular weight is 405 g/mol. The first-order valence-electron chi connectivity index (χ1n) is 7.75. The molecule has 3 heterocycles. The molecule has 2 saturated heterocycles. The van der Waals surface area contributed by atoms with E-state index in [4.69, 9.17) is 0 Å². The molecule has 9 heteroatoms. The van der Waals surface area contributed by atoms with Crippen molar-refractivity contribution in [3.63, 3.8) is 0 Å². The second-order valence-electron chi connectivity index (χ2n) is 6.43. The van der Waals surface area contributed by atoms with Gasteiger partial charge in [0.05, 0.1) is 16.9 Å². The summed E-state index contributed by atoms with van der Waals surface area (Å²) in [6, 6.07) is 0. The summed E-state index contributed by atoms with van der Waals surface area (Å²) in [5.74, 6) is 0.589. The minimum absolute atomic E-state index is 0.0344. The first-order valence-corrected chi connectivity index (χ1v) is 10.4. The number of nitrogens with zero attached hydrogens (tertiary/aromatic N) is 4. The smallest absolute Gasteiger partial charge is 0.225 e. The first-order chi connectivity index (χ1) is 10.8. The summed E-state index contributed by atoms with van der Waals surface area (Å²) in [6.07, 6.45) is 6.17. The fraction of sp³-hybridized carbons (Fsp3) is 0.714. The average Bonchev–Trinajstić information content (AvgIpc) is 2.86. The van der Waals surface area contributed by atoms with Gasteiger partial charge in [0, 0.05) is 50.8 Å². The minimum Gasteiger partial charge on any atom is -0.342 e. The summed E-state index contributed by atoms with van der Waals surface area (Å²) in [5, 5.41) is 4.23. The van der Waals surface area contributed by atoms with Crippen molar-refractivity contribution in [1.82, 2.24) is 19.0 Å². The van der Waals surface area contributed by atoms with Gasteiger partial charge in [-0.1, -0.05) is 0 Å². The van der Waals surface area contributed by atoms with E-state index in [1.807, 2.05) is 15.8 Å². The molecule has 0 spiro atoms. The van der Waals surface area contributed by atoms with Gasteiger partial charge in [0.2, 0.25) is 15.9 Å². The lowest BCUT2D eigenvalue weighted by atomic mass is 9.92. The van der Waals surface area contributed by atoms with E-state index in [1.54, 1.807) is 6.20 Å². The minimum atomic E-state index is -3.13. The summed E-state index contributed by atoms with van der Waals surface area (Å²) in [7, 11) is -3.13. The molecule has 1 aromatic rings. The molecule has 0 atom stereocenters. The van der Waals surface area contributed by atoms with Gasteiger partial charge in [-0.2, -0.15) is 5.10 Å². The zero-order valence-corrected chi connectivity index (χ0v) is 15.5. The number of amides is 1. The maximum absolute atomic E-state index is 12.5. The zero-order chi connectivity index (χ0) is 16.6. The molecular formula is C14H21BrN4O3S. The fourth-order valence-electron chi connectivity index (χ4n) is 3.26. The number of likely N-dealkylation sites (tertiary alicyclic amines) is 1. The Labute approximate surface area is 144 Å². The Balaban J connectivity index is 1.44. The third kappa shape index (κ3) is 3.95. The Morgan fingerprint density at radius 1 is 1.35 bits per heavy atom. The number of aromatic nitrogens is 2. The van der Waals surface area contributed by atoms with Gasteiger partial charge in [0.25, 0.3) is 0 Å². The monoisotopic (exact) mass is 404 g/mol. The number of hydrogen-bond acceptors (Lipinski definition) is 4. The van der Waals surface area contributed by atoms with Crippen molar-refractivity contribution in [3.8, 4) is 0 Å². The highest BCUT2D eigenvalue weighted by Gasteiger charge is 2.37. The van der Waals surface area contributed by atoms with Crippen LogP contribution in [0.5, 0.6) is 0 Å². The molecule has 7 nitrogen and oxygen atoms in total. The van der Waals surface area contributed by atoms with Crippen LogP contribution in [0.3, 0.4) is 0 Å². The Hall–Kier alpha value is -0.930. The van der Waals surface area contributed by atoms with E-state index >= 15 is 0 Å². The van der Waals surface area contributed by atoms with E-state index in [2.05, 4.69) is 21.0 Å². The van der Waals surface area contributed by atoms with Crippen LogP contribution in [-0.4, -0.2) is 65.7 Å². The van der Waals surface area contributed by atoms with Crippen LogP contribution < -0.4 is 0 Å². The lowest BCUT2D eigenvalue weighted by Crippen LogP contribution is -2.54. The SMILES string of the molecule is CS(=O)(=O)N1CCC(C(=O)N2CC(Cn3cc(Br)cn3)C2)CC1. The van der Waals surface area contributed by atoms with Gasteiger partial charge in [-0.15, -0.1) is 0 Å². The van der Waals surface area contributed by atoms with Crippen LogP contribution >= 0.6 is 15.9 Å². The van der Waals surface area contributed by atoms with E-state index in [0.717, 1.165) is 24.1 Å². The van der Waals surface area contributed by atoms with Crippen molar-refractivity contribution in [2.45, 2.75) is 19.4 Å². The Bertz CT molecular complexity index is 676. The topological polar surface area (TPSA) is 75.5 Å². The molecule has 1 aromatic heterocycles. The van der Waals surface area contributed by atoms with E-state index in [1.165, 1.54) is 10.6 Å². The molecule has 0 bridgehead atoms. The van der Waals surface area contributed by atoms with Gasteiger partial charge in [-0.25, -0.2) is 12.7 Å². The number of carbonyl (C=O) groups is 1. The van der Waals surface area contributed by atoms with E-state index in [0.29, 0.717) is 31.8 Å². The molecule has 0 aliphatic carbocycles. The number of carbonyl (C=O) groups excluding carboxylic acids is 1. The summed E-state index contributed by atoms with van der Waals surface area (Å²) in [5.41, 5.74) is 0. The highest BCUT2D eigenvalue weighted by atomic mass is 79.9. The maximum Gasteiger partial charge on any atom is 0.225 e. The van der Waals surface area contributed by atoms with Gasteiger partial charge in [0.15, 0.2) is 0 Å². The number of hydrogen-bond donors (Lipinski definition) is 0. The number of piperidine rings is 1. The molecular weight excluding hydrogens is 384 g/mol. The lowest BCUT2D eigenvalue weighted by molar-refractivity contribution is -0.143. The Morgan fingerprint density at radius 2 is 2.00 bits per heavy atom. The molecule has 0 unspecified atom stereocenters. The molecule has 0 N–H and O–H groups in total. The van der Waals surface area contributed by atoms with E-state index in [-0.39, 0.29) is 11.8 Å². The number of halogens is 1. The van der Waals surface area contributed by atoms with Crippen LogP contribution in [0, 0.1) is 11.8 Å². The second kappa shape index (κ2) is 6.52. The number of rotatable bonds is 4. The van der Waals surface area contributed by atoms with Crippen molar-refractivity contribution < 1.29 is 13.2 Å². The van der Waals surface area contributed by atoms with Crippen molar-refractivity contribution in [1.29, 1.82) is 0 Å². The molecule has 2 aliphatic rings. The maximum atomic E-state index is 12.5. The van der Waals surface area contributed by atoms with Crippen LogP contribution in [-0.2, 0) is 21.4 Å². The van der Waals surface area contributed by atoms with Crippen LogP contribution in [0.25, 0.3) is 0 Å². The van der Waals surface area contributed by atoms with Gasteiger partial charge >= 0.3 is 0 Å². The molecule has 2 aliphatic heterocycles. The van der Waals surface area contributed by atoms with Crippen molar-refractivity contribution >= 4 is 31.9 Å². The van der Waals surface area contributed by atoms with Crippen molar-refractivity contribution in [3.05, 3.63) is 16.9 Å². The van der Waals surface area contributed by atoms with Crippen LogP contribution in [0.4, 0.5) is 0 Å². The molecule has 3 rings (SSSR count).